The van der Waals surface area contributed by atoms with Crippen molar-refractivity contribution in [1.82, 2.24) is 10.1 Å². The van der Waals surface area contributed by atoms with Crippen molar-refractivity contribution in [2.24, 2.45) is 5.92 Å². The average Bonchev–Trinajstić information content (AvgIpc) is 2.61. The maximum atomic E-state index is 5.78. The van der Waals surface area contributed by atoms with Gasteiger partial charge >= 0.3 is 0 Å². The van der Waals surface area contributed by atoms with E-state index in [0.29, 0.717) is 11.8 Å². The molecule has 0 unspecified atom stereocenters. The second-order valence-corrected chi connectivity index (χ2v) is 4.21. The molecule has 0 amide bonds. The fraction of sp³-hybridized carbons (Fsp3) is 0.333. The summed E-state index contributed by atoms with van der Waals surface area (Å²) in [6, 6.07) is 3.83. The standard InChI is InChI=1S/C12H15N3O/c1-8(2)6-10-11(15-16-12(10)13)9-4-3-5-14-7-9/h3-5,7-8H,6,13H2,1-2H3. The molecule has 0 aliphatic carbocycles. The molecule has 0 aliphatic heterocycles. The molecule has 16 heavy (non-hydrogen) atoms. The molecule has 0 atom stereocenters. The monoisotopic (exact) mass is 217 g/mol. The molecule has 4 heteroatoms. The van der Waals surface area contributed by atoms with E-state index < -0.39 is 0 Å². The van der Waals surface area contributed by atoms with Gasteiger partial charge < -0.3 is 10.3 Å². The maximum absolute atomic E-state index is 5.78. The number of pyridine rings is 1. The molecule has 0 saturated heterocycles. The highest BCUT2D eigenvalue weighted by molar-refractivity contribution is 5.66. The number of nitrogens with two attached hydrogens (primary N) is 1. The maximum Gasteiger partial charge on any atom is 0.225 e. The van der Waals surface area contributed by atoms with E-state index in [4.69, 9.17) is 10.3 Å². The van der Waals surface area contributed by atoms with Crippen molar-refractivity contribution in [2.75, 3.05) is 5.73 Å². The van der Waals surface area contributed by atoms with Gasteiger partial charge in [-0.3, -0.25) is 4.98 Å². The molecule has 4 nitrogen and oxygen atoms in total. The predicted molar refractivity (Wildman–Crippen MR) is 62.7 cm³/mol. The molecule has 0 spiro atoms. The SMILES string of the molecule is CC(C)Cc1c(-c2cccnc2)noc1N. The predicted octanol–water partition coefficient (Wildman–Crippen LogP) is 2.52. The van der Waals surface area contributed by atoms with Crippen molar-refractivity contribution in [2.45, 2.75) is 20.3 Å². The number of rotatable bonds is 3. The van der Waals surface area contributed by atoms with Crippen molar-refractivity contribution in [3.8, 4) is 11.3 Å². The van der Waals surface area contributed by atoms with Crippen LogP contribution in [0.2, 0.25) is 0 Å². The topological polar surface area (TPSA) is 64.9 Å². The Morgan fingerprint density at radius 1 is 1.44 bits per heavy atom. The zero-order valence-corrected chi connectivity index (χ0v) is 9.47. The van der Waals surface area contributed by atoms with E-state index in [2.05, 4.69) is 24.0 Å². The lowest BCUT2D eigenvalue weighted by Gasteiger charge is -2.04. The molecule has 2 heterocycles. The van der Waals surface area contributed by atoms with Gasteiger partial charge in [-0.15, -0.1) is 0 Å². The van der Waals surface area contributed by atoms with E-state index in [1.165, 1.54) is 0 Å². The van der Waals surface area contributed by atoms with Gasteiger partial charge in [0, 0.05) is 23.5 Å². The molecule has 2 N–H and O–H groups in total. The van der Waals surface area contributed by atoms with E-state index in [1.54, 1.807) is 12.4 Å². The first kappa shape index (κ1) is 10.7. The van der Waals surface area contributed by atoms with Crippen molar-refractivity contribution in [3.63, 3.8) is 0 Å². The minimum atomic E-state index is 0.410. The first-order chi connectivity index (χ1) is 7.68. The first-order valence-electron chi connectivity index (χ1n) is 5.33. The van der Waals surface area contributed by atoms with Gasteiger partial charge in [0.25, 0.3) is 0 Å². The zero-order valence-electron chi connectivity index (χ0n) is 9.47. The van der Waals surface area contributed by atoms with Gasteiger partial charge in [-0.25, -0.2) is 0 Å². The summed E-state index contributed by atoms with van der Waals surface area (Å²) in [6.45, 7) is 4.28. The van der Waals surface area contributed by atoms with Crippen LogP contribution in [0.5, 0.6) is 0 Å². The molecule has 2 aromatic rings. The summed E-state index contributed by atoms with van der Waals surface area (Å²) in [5.74, 6) is 0.921. The Kier molecular flexibility index (Phi) is 2.90. The number of hydrogen-bond donors (Lipinski definition) is 1. The smallest absolute Gasteiger partial charge is 0.225 e. The lowest BCUT2D eigenvalue weighted by atomic mass is 10.0. The molecule has 0 radical (unpaired) electrons. The molecule has 84 valence electrons. The number of hydrogen-bond acceptors (Lipinski definition) is 4. The van der Waals surface area contributed by atoms with E-state index in [9.17, 15) is 0 Å². The van der Waals surface area contributed by atoms with Crippen LogP contribution >= 0.6 is 0 Å². The second kappa shape index (κ2) is 4.35. The summed E-state index contributed by atoms with van der Waals surface area (Å²) in [7, 11) is 0. The molecule has 2 rings (SSSR count). The van der Waals surface area contributed by atoms with Gasteiger partial charge in [-0.1, -0.05) is 19.0 Å². The quantitative estimate of drug-likeness (QED) is 0.857. The third-order valence-electron chi connectivity index (χ3n) is 2.37. The number of nitrogens with zero attached hydrogens (tertiary/aromatic N) is 2. The third kappa shape index (κ3) is 2.05. The average molecular weight is 217 g/mol. The van der Waals surface area contributed by atoms with Gasteiger partial charge in [0.05, 0.1) is 0 Å². The van der Waals surface area contributed by atoms with Crippen molar-refractivity contribution in [1.29, 1.82) is 0 Å². The van der Waals surface area contributed by atoms with Crippen LogP contribution in [0.15, 0.2) is 29.0 Å². The molecule has 0 fully saturated rings. The number of aromatic nitrogens is 2. The Morgan fingerprint density at radius 2 is 2.25 bits per heavy atom. The molecular formula is C12H15N3O. The Morgan fingerprint density at radius 3 is 2.88 bits per heavy atom. The molecule has 0 aromatic carbocycles. The molecular weight excluding hydrogens is 202 g/mol. The van der Waals surface area contributed by atoms with Gasteiger partial charge in [-0.2, -0.15) is 0 Å². The van der Waals surface area contributed by atoms with Crippen molar-refractivity contribution < 1.29 is 4.52 Å². The molecule has 0 bridgehead atoms. The highest BCUT2D eigenvalue weighted by Gasteiger charge is 2.16. The van der Waals surface area contributed by atoms with E-state index in [0.717, 1.165) is 23.2 Å². The highest BCUT2D eigenvalue weighted by atomic mass is 16.5. The number of nitrogen functional groups attached to an aromatic ring is 1. The summed E-state index contributed by atoms with van der Waals surface area (Å²) < 4.78 is 5.05. The highest BCUT2D eigenvalue weighted by Crippen LogP contribution is 2.28. The van der Waals surface area contributed by atoms with Crippen LogP contribution in [0.3, 0.4) is 0 Å². The third-order valence-corrected chi connectivity index (χ3v) is 2.37. The Bertz CT molecular complexity index is 462. The summed E-state index contributed by atoms with van der Waals surface area (Å²) in [6.07, 6.45) is 4.36. The summed E-state index contributed by atoms with van der Waals surface area (Å²) in [5, 5.41) is 4.00. The van der Waals surface area contributed by atoms with Crippen LogP contribution in [-0.2, 0) is 6.42 Å². The normalized spacial score (nSPS) is 10.9. The van der Waals surface area contributed by atoms with Crippen LogP contribution in [-0.4, -0.2) is 10.1 Å². The first-order valence-corrected chi connectivity index (χ1v) is 5.33. The summed E-state index contributed by atoms with van der Waals surface area (Å²) in [5.41, 5.74) is 8.50. The lowest BCUT2D eigenvalue weighted by Crippen LogP contribution is -1.98. The second-order valence-electron chi connectivity index (χ2n) is 4.21. The van der Waals surface area contributed by atoms with Crippen LogP contribution in [0, 0.1) is 5.92 Å². The minimum Gasteiger partial charge on any atom is -0.367 e. The Labute approximate surface area is 94.5 Å². The van der Waals surface area contributed by atoms with Crippen LogP contribution in [0.4, 0.5) is 5.88 Å². The van der Waals surface area contributed by atoms with Gasteiger partial charge in [0.1, 0.15) is 5.69 Å². The molecule has 0 aliphatic rings. The van der Waals surface area contributed by atoms with E-state index in [1.807, 2.05) is 12.1 Å². The van der Waals surface area contributed by atoms with E-state index in [-0.39, 0.29) is 0 Å². The van der Waals surface area contributed by atoms with Gasteiger partial charge in [-0.05, 0) is 24.5 Å². The minimum absolute atomic E-state index is 0.410. The largest absolute Gasteiger partial charge is 0.367 e. The Balaban J connectivity index is 2.42. The van der Waals surface area contributed by atoms with Gasteiger partial charge in [0.15, 0.2) is 0 Å². The zero-order chi connectivity index (χ0) is 11.5. The van der Waals surface area contributed by atoms with Crippen LogP contribution in [0.25, 0.3) is 11.3 Å². The summed E-state index contributed by atoms with van der Waals surface area (Å²) >= 11 is 0. The van der Waals surface area contributed by atoms with Crippen LogP contribution in [0.1, 0.15) is 19.4 Å². The molecule has 2 aromatic heterocycles. The van der Waals surface area contributed by atoms with Crippen LogP contribution < -0.4 is 5.73 Å². The number of anilines is 1. The van der Waals surface area contributed by atoms with Crippen molar-refractivity contribution >= 4 is 5.88 Å². The van der Waals surface area contributed by atoms with Crippen molar-refractivity contribution in [3.05, 3.63) is 30.1 Å². The molecule has 0 saturated carbocycles. The Hall–Kier alpha value is -1.84. The summed E-state index contributed by atoms with van der Waals surface area (Å²) in [4.78, 5) is 4.07. The lowest BCUT2D eigenvalue weighted by molar-refractivity contribution is 0.438. The van der Waals surface area contributed by atoms with E-state index >= 15 is 0 Å². The van der Waals surface area contributed by atoms with Gasteiger partial charge in [0.2, 0.25) is 5.88 Å². The fourth-order valence-electron chi connectivity index (χ4n) is 1.66. The fourth-order valence-corrected chi connectivity index (χ4v) is 1.66.